The molecule has 0 bridgehead atoms. The Morgan fingerprint density at radius 1 is 1.27 bits per heavy atom. The van der Waals surface area contributed by atoms with Gasteiger partial charge >= 0.3 is 0 Å². The minimum Gasteiger partial charge on any atom is -0.312 e. The zero-order chi connectivity index (χ0) is 10.8. The van der Waals surface area contributed by atoms with Crippen molar-refractivity contribution in [3.63, 3.8) is 0 Å². The number of carbonyl (C=O) groups is 1. The smallest absolute Gasteiger partial charge is 0.260 e. The molecule has 0 aromatic heterocycles. The molecule has 4 heteroatoms. The molecule has 78 valence electrons. The van der Waals surface area contributed by atoms with Crippen LogP contribution in [0, 0.1) is 0 Å². The van der Waals surface area contributed by atoms with E-state index >= 15 is 0 Å². The minimum absolute atomic E-state index is 0.288. The first kappa shape index (κ1) is 10.5. The molecule has 0 fully saturated rings. The summed E-state index contributed by atoms with van der Waals surface area (Å²) >= 11 is 11.1. The van der Waals surface area contributed by atoms with E-state index in [0.717, 1.165) is 10.4 Å². The molecule has 0 N–H and O–H groups in total. The Balaban J connectivity index is 2.39. The number of benzene rings is 1. The van der Waals surface area contributed by atoms with Crippen LogP contribution in [0.4, 0.5) is 0 Å². The van der Waals surface area contributed by atoms with Gasteiger partial charge in [-0.3, -0.25) is 4.79 Å². The van der Waals surface area contributed by atoms with Crippen molar-refractivity contribution in [2.45, 2.75) is 4.84 Å². The minimum atomic E-state index is -1.00. The average Bonchev–Trinajstić information content (AvgIpc) is 2.27. The molecular weight excluding hydrogens is 233 g/mol. The van der Waals surface area contributed by atoms with Gasteiger partial charge in [0.25, 0.3) is 5.91 Å². The first-order chi connectivity index (χ1) is 7.18. The number of carbonyl (C=O) groups excluding carboxylic acids is 1. The Labute approximate surface area is 97.4 Å². The van der Waals surface area contributed by atoms with Crippen LogP contribution in [0.2, 0.25) is 0 Å². The summed E-state index contributed by atoms with van der Waals surface area (Å²) in [6, 6.07) is 7.85. The van der Waals surface area contributed by atoms with E-state index in [1.165, 1.54) is 4.90 Å². The van der Waals surface area contributed by atoms with Crippen LogP contribution >= 0.6 is 23.2 Å². The van der Waals surface area contributed by atoms with Crippen molar-refractivity contribution in [1.82, 2.24) is 4.90 Å². The van der Waals surface area contributed by atoms with Crippen LogP contribution in [0.5, 0.6) is 0 Å². The maximum absolute atomic E-state index is 11.5. The number of hydrogen-bond acceptors (Lipinski definition) is 1. The summed E-state index contributed by atoms with van der Waals surface area (Å²) in [7, 11) is 0. The summed E-state index contributed by atoms with van der Waals surface area (Å²) in [6.07, 6.45) is 3.75. The SMILES string of the molecule is O=C(C(Cl)Cl)N1C=c2ccccc2=CC1. The van der Waals surface area contributed by atoms with Crippen molar-refractivity contribution in [2.24, 2.45) is 0 Å². The largest absolute Gasteiger partial charge is 0.312 e. The van der Waals surface area contributed by atoms with Gasteiger partial charge in [-0.25, -0.2) is 0 Å². The highest BCUT2D eigenvalue weighted by molar-refractivity contribution is 6.53. The van der Waals surface area contributed by atoms with E-state index in [2.05, 4.69) is 0 Å². The average molecular weight is 242 g/mol. The molecule has 2 nitrogen and oxygen atoms in total. The van der Waals surface area contributed by atoms with E-state index < -0.39 is 4.84 Å². The third-order valence-electron chi connectivity index (χ3n) is 2.27. The summed E-state index contributed by atoms with van der Waals surface area (Å²) in [5.74, 6) is -0.288. The number of amides is 1. The van der Waals surface area contributed by atoms with Crippen LogP contribution in [-0.4, -0.2) is 22.2 Å². The second-order valence-electron chi connectivity index (χ2n) is 3.25. The zero-order valence-corrected chi connectivity index (χ0v) is 9.37. The van der Waals surface area contributed by atoms with Crippen molar-refractivity contribution in [3.8, 4) is 0 Å². The van der Waals surface area contributed by atoms with Gasteiger partial charge < -0.3 is 4.90 Å². The Kier molecular flexibility index (Phi) is 2.98. The Bertz CT molecular complexity index is 496. The molecule has 2 rings (SSSR count). The van der Waals surface area contributed by atoms with Crippen LogP contribution < -0.4 is 10.4 Å². The molecule has 0 spiro atoms. The van der Waals surface area contributed by atoms with Crippen LogP contribution in [0.15, 0.2) is 24.3 Å². The monoisotopic (exact) mass is 241 g/mol. The van der Waals surface area contributed by atoms with Gasteiger partial charge in [0.1, 0.15) is 0 Å². The quantitative estimate of drug-likeness (QED) is 0.668. The molecule has 1 amide bonds. The van der Waals surface area contributed by atoms with Gasteiger partial charge in [-0.05, 0) is 10.4 Å². The standard InChI is InChI=1S/C11H9Cl2NO/c12-10(13)11(15)14-6-5-8-3-1-2-4-9(8)7-14/h1-5,7,10H,6H2. The van der Waals surface area contributed by atoms with Gasteiger partial charge in [-0.1, -0.05) is 53.5 Å². The topological polar surface area (TPSA) is 20.3 Å². The molecule has 15 heavy (non-hydrogen) atoms. The molecule has 0 aliphatic carbocycles. The summed E-state index contributed by atoms with van der Waals surface area (Å²) in [5, 5.41) is 2.13. The van der Waals surface area contributed by atoms with E-state index in [9.17, 15) is 4.79 Å². The highest BCUT2D eigenvalue weighted by atomic mass is 35.5. The molecule has 1 aromatic rings. The van der Waals surface area contributed by atoms with Crippen LogP contribution in [0.25, 0.3) is 12.3 Å². The van der Waals surface area contributed by atoms with E-state index in [0.29, 0.717) is 6.54 Å². The van der Waals surface area contributed by atoms with Crippen LogP contribution in [0.3, 0.4) is 0 Å². The van der Waals surface area contributed by atoms with Gasteiger partial charge in [-0.2, -0.15) is 0 Å². The fourth-order valence-electron chi connectivity index (χ4n) is 1.51. The molecule has 1 aliphatic heterocycles. The number of alkyl halides is 2. The third kappa shape index (κ3) is 2.16. The maximum Gasteiger partial charge on any atom is 0.260 e. The van der Waals surface area contributed by atoms with Gasteiger partial charge in [0.05, 0.1) is 0 Å². The lowest BCUT2D eigenvalue weighted by Gasteiger charge is -2.19. The lowest BCUT2D eigenvalue weighted by molar-refractivity contribution is -0.125. The fraction of sp³-hybridized carbons (Fsp3) is 0.182. The predicted molar refractivity (Wildman–Crippen MR) is 61.8 cm³/mol. The molecule has 0 saturated carbocycles. The van der Waals surface area contributed by atoms with Crippen molar-refractivity contribution >= 4 is 41.4 Å². The highest BCUT2D eigenvalue weighted by Crippen LogP contribution is 2.08. The Morgan fingerprint density at radius 3 is 2.60 bits per heavy atom. The van der Waals surface area contributed by atoms with E-state index in [1.54, 1.807) is 6.20 Å². The van der Waals surface area contributed by atoms with Gasteiger partial charge in [0, 0.05) is 12.7 Å². The highest BCUT2D eigenvalue weighted by Gasteiger charge is 2.18. The number of halogens is 2. The van der Waals surface area contributed by atoms with Gasteiger partial charge in [-0.15, -0.1) is 0 Å². The molecule has 0 unspecified atom stereocenters. The van der Waals surface area contributed by atoms with E-state index in [-0.39, 0.29) is 5.91 Å². The Morgan fingerprint density at radius 2 is 1.93 bits per heavy atom. The third-order valence-corrected chi connectivity index (χ3v) is 2.64. The molecule has 1 heterocycles. The van der Waals surface area contributed by atoms with Crippen LogP contribution in [-0.2, 0) is 4.79 Å². The van der Waals surface area contributed by atoms with Crippen LogP contribution in [0.1, 0.15) is 0 Å². The second kappa shape index (κ2) is 4.25. The number of fused-ring (bicyclic) bond motifs is 1. The van der Waals surface area contributed by atoms with Crippen molar-refractivity contribution in [3.05, 3.63) is 34.7 Å². The summed E-state index contributed by atoms with van der Waals surface area (Å²) in [5.41, 5.74) is 0. The molecule has 1 aromatic carbocycles. The number of rotatable bonds is 1. The van der Waals surface area contributed by atoms with Gasteiger partial charge in [0.15, 0.2) is 4.84 Å². The number of nitrogens with zero attached hydrogens (tertiary/aromatic N) is 1. The second-order valence-corrected chi connectivity index (χ2v) is 4.35. The maximum atomic E-state index is 11.5. The summed E-state index contributed by atoms with van der Waals surface area (Å²) < 4.78 is 0. The van der Waals surface area contributed by atoms with Crippen molar-refractivity contribution in [1.29, 1.82) is 0 Å². The lowest BCUT2D eigenvalue weighted by Crippen LogP contribution is -2.39. The number of hydrogen-bond donors (Lipinski definition) is 0. The van der Waals surface area contributed by atoms with Crippen molar-refractivity contribution < 1.29 is 4.79 Å². The first-order valence-electron chi connectivity index (χ1n) is 4.54. The fourth-order valence-corrected chi connectivity index (χ4v) is 1.76. The van der Waals surface area contributed by atoms with E-state index in [4.69, 9.17) is 23.2 Å². The first-order valence-corrected chi connectivity index (χ1v) is 5.41. The molecule has 0 saturated heterocycles. The van der Waals surface area contributed by atoms with E-state index in [1.807, 2.05) is 30.3 Å². The lowest BCUT2D eigenvalue weighted by atomic mass is 10.2. The van der Waals surface area contributed by atoms with Crippen molar-refractivity contribution in [2.75, 3.05) is 6.54 Å². The molecular formula is C11H9Cl2NO. The summed E-state index contributed by atoms with van der Waals surface area (Å²) in [4.78, 5) is 12.0. The predicted octanol–water partition coefficient (Wildman–Crippen LogP) is 0.851. The van der Waals surface area contributed by atoms with Gasteiger partial charge in [0.2, 0.25) is 0 Å². The molecule has 0 atom stereocenters. The molecule has 1 aliphatic rings. The molecule has 0 radical (unpaired) electrons. The normalized spacial score (nSPS) is 14.2. The zero-order valence-electron chi connectivity index (χ0n) is 7.86. The summed E-state index contributed by atoms with van der Waals surface area (Å²) in [6.45, 7) is 0.520. The Hall–Kier alpha value is -0.990.